The molecule has 0 bridgehead atoms. The quantitative estimate of drug-likeness (QED) is 0.783. The van der Waals surface area contributed by atoms with Crippen molar-refractivity contribution < 1.29 is 17.9 Å². The number of carbonyl (C=O) groups excluding carboxylic acids is 1. The Labute approximate surface area is 119 Å². The molecule has 1 aromatic carbocycles. The maximum atomic E-state index is 12.0. The predicted molar refractivity (Wildman–Crippen MR) is 76.1 cm³/mol. The van der Waals surface area contributed by atoms with Crippen molar-refractivity contribution >= 4 is 15.9 Å². The number of nitrogens with one attached hydrogen (secondary N) is 2. The molecule has 20 heavy (non-hydrogen) atoms. The number of ether oxygens (including phenoxy) is 1. The molecule has 2 N–H and O–H groups in total. The van der Waals surface area contributed by atoms with Crippen LogP contribution < -0.4 is 14.8 Å². The van der Waals surface area contributed by atoms with Crippen LogP contribution in [0.5, 0.6) is 5.75 Å². The summed E-state index contributed by atoms with van der Waals surface area (Å²) in [6, 6.07) is 5.82. The van der Waals surface area contributed by atoms with E-state index < -0.39 is 10.0 Å². The lowest BCUT2D eigenvalue weighted by atomic mass is 10.3. The second kappa shape index (κ2) is 7.25. The molecule has 0 saturated heterocycles. The van der Waals surface area contributed by atoms with Crippen molar-refractivity contribution in [2.24, 2.45) is 0 Å². The molecule has 0 unspecified atom stereocenters. The Bertz CT molecular complexity index is 540. The third kappa shape index (κ3) is 4.82. The average Bonchev–Trinajstić information content (AvgIpc) is 2.44. The maximum Gasteiger partial charge on any atom is 0.257 e. The summed E-state index contributed by atoms with van der Waals surface area (Å²) in [5, 5.41) is 2.43. The van der Waals surface area contributed by atoms with Crippen LogP contribution in [0.4, 0.5) is 0 Å². The number of benzene rings is 1. The van der Waals surface area contributed by atoms with Gasteiger partial charge in [0.15, 0.2) is 6.61 Å². The zero-order valence-electron chi connectivity index (χ0n) is 11.8. The van der Waals surface area contributed by atoms with E-state index >= 15 is 0 Å². The van der Waals surface area contributed by atoms with E-state index in [2.05, 4.69) is 10.0 Å². The molecule has 7 heteroatoms. The summed E-state index contributed by atoms with van der Waals surface area (Å²) in [7, 11) is -1.99. The monoisotopic (exact) mass is 300 g/mol. The van der Waals surface area contributed by atoms with Crippen LogP contribution in [0.3, 0.4) is 0 Å². The largest absolute Gasteiger partial charge is 0.484 e. The van der Waals surface area contributed by atoms with Crippen LogP contribution in [0.15, 0.2) is 29.2 Å². The van der Waals surface area contributed by atoms with Crippen molar-refractivity contribution in [1.82, 2.24) is 10.0 Å². The van der Waals surface area contributed by atoms with E-state index in [1.807, 2.05) is 6.92 Å². The summed E-state index contributed by atoms with van der Waals surface area (Å²) < 4.78 is 31.8. The van der Waals surface area contributed by atoms with Crippen LogP contribution >= 0.6 is 0 Å². The van der Waals surface area contributed by atoms with E-state index in [1.54, 1.807) is 6.92 Å². The van der Waals surface area contributed by atoms with Gasteiger partial charge in [0.05, 0.1) is 4.90 Å². The highest BCUT2D eigenvalue weighted by atomic mass is 32.2. The molecule has 0 aromatic heterocycles. The number of carbonyl (C=O) groups is 1. The first kappa shape index (κ1) is 16.5. The fourth-order valence-electron chi connectivity index (χ4n) is 1.35. The molecule has 0 aliphatic rings. The number of hydrogen-bond donors (Lipinski definition) is 2. The van der Waals surface area contributed by atoms with Gasteiger partial charge in [-0.2, -0.15) is 0 Å². The van der Waals surface area contributed by atoms with Gasteiger partial charge in [0, 0.05) is 13.1 Å². The van der Waals surface area contributed by atoms with Gasteiger partial charge in [0.2, 0.25) is 10.0 Å². The van der Waals surface area contributed by atoms with E-state index in [0.29, 0.717) is 12.2 Å². The lowest BCUT2D eigenvalue weighted by Crippen LogP contribution is -2.31. The highest BCUT2D eigenvalue weighted by Crippen LogP contribution is 2.16. The molecule has 1 amide bonds. The number of likely N-dealkylation sites (N-methyl/N-ethyl adjacent to an activating group) is 1. The van der Waals surface area contributed by atoms with E-state index in [1.165, 1.54) is 31.3 Å². The highest BCUT2D eigenvalue weighted by Gasteiger charge is 2.16. The van der Waals surface area contributed by atoms with Crippen LogP contribution in [0.1, 0.15) is 20.3 Å². The minimum atomic E-state index is -3.51. The third-order valence-electron chi connectivity index (χ3n) is 2.75. The zero-order valence-corrected chi connectivity index (χ0v) is 12.7. The zero-order chi connectivity index (χ0) is 15.2. The van der Waals surface area contributed by atoms with Gasteiger partial charge in [-0.05, 0) is 37.6 Å². The number of rotatable bonds is 7. The summed E-state index contributed by atoms with van der Waals surface area (Å²) in [5.74, 6) is 0.191. The van der Waals surface area contributed by atoms with Crippen LogP contribution in [0, 0.1) is 0 Å². The Kier molecular flexibility index (Phi) is 5.97. The lowest BCUT2D eigenvalue weighted by molar-refractivity contribution is -0.122. The highest BCUT2D eigenvalue weighted by molar-refractivity contribution is 7.89. The van der Waals surface area contributed by atoms with Gasteiger partial charge in [0.1, 0.15) is 5.75 Å². The van der Waals surface area contributed by atoms with Crippen LogP contribution in [-0.4, -0.2) is 34.0 Å². The lowest BCUT2D eigenvalue weighted by Gasteiger charge is -2.12. The van der Waals surface area contributed by atoms with Gasteiger partial charge >= 0.3 is 0 Å². The average molecular weight is 300 g/mol. The normalized spacial score (nSPS) is 12.8. The van der Waals surface area contributed by atoms with E-state index in [9.17, 15) is 13.2 Å². The molecular formula is C13H20N2O4S. The third-order valence-corrected chi connectivity index (χ3v) is 4.36. The SMILES string of the molecule is CC[C@H](C)NS(=O)(=O)c1ccc(OCC(=O)NC)cc1. The Morgan fingerprint density at radius 3 is 2.40 bits per heavy atom. The molecule has 1 rings (SSSR count). The van der Waals surface area contributed by atoms with Crippen molar-refractivity contribution in [3.8, 4) is 5.75 Å². The minimum Gasteiger partial charge on any atom is -0.484 e. The standard InChI is InChI=1S/C13H20N2O4S/c1-4-10(2)15-20(17,18)12-7-5-11(6-8-12)19-9-13(16)14-3/h5-8,10,15H,4,9H2,1-3H3,(H,14,16)/t10-/m0/s1. The smallest absolute Gasteiger partial charge is 0.257 e. The molecule has 1 atom stereocenters. The van der Waals surface area contributed by atoms with Crippen LogP contribution in [0.2, 0.25) is 0 Å². The molecule has 1 aromatic rings. The van der Waals surface area contributed by atoms with Gasteiger partial charge in [-0.1, -0.05) is 6.92 Å². The summed E-state index contributed by atoms with van der Waals surface area (Å²) >= 11 is 0. The van der Waals surface area contributed by atoms with Crippen molar-refractivity contribution in [2.45, 2.75) is 31.2 Å². The number of amides is 1. The molecule has 6 nitrogen and oxygen atoms in total. The van der Waals surface area contributed by atoms with Gasteiger partial charge in [0.25, 0.3) is 5.91 Å². The number of sulfonamides is 1. The maximum absolute atomic E-state index is 12.0. The van der Waals surface area contributed by atoms with Gasteiger partial charge in [-0.15, -0.1) is 0 Å². The Morgan fingerprint density at radius 1 is 1.30 bits per heavy atom. The van der Waals surface area contributed by atoms with Crippen molar-refractivity contribution in [3.63, 3.8) is 0 Å². The van der Waals surface area contributed by atoms with Crippen molar-refractivity contribution in [1.29, 1.82) is 0 Å². The molecule has 0 heterocycles. The first-order valence-electron chi connectivity index (χ1n) is 6.34. The Balaban J connectivity index is 2.73. The molecule has 0 spiro atoms. The van der Waals surface area contributed by atoms with Crippen LogP contribution in [0.25, 0.3) is 0 Å². The van der Waals surface area contributed by atoms with Crippen molar-refractivity contribution in [3.05, 3.63) is 24.3 Å². The first-order chi connectivity index (χ1) is 9.39. The van der Waals surface area contributed by atoms with E-state index in [0.717, 1.165) is 0 Å². The van der Waals surface area contributed by atoms with Crippen molar-refractivity contribution in [2.75, 3.05) is 13.7 Å². The molecule has 0 radical (unpaired) electrons. The molecule has 0 saturated carbocycles. The summed E-state index contributed by atoms with van der Waals surface area (Å²) in [4.78, 5) is 11.2. The molecule has 0 aliphatic carbocycles. The summed E-state index contributed by atoms with van der Waals surface area (Å²) in [6.07, 6.45) is 0.715. The summed E-state index contributed by atoms with van der Waals surface area (Å²) in [5.41, 5.74) is 0. The van der Waals surface area contributed by atoms with Gasteiger partial charge < -0.3 is 10.1 Å². The number of hydrogen-bond acceptors (Lipinski definition) is 4. The Hall–Kier alpha value is -1.60. The molecular weight excluding hydrogens is 280 g/mol. The van der Waals surface area contributed by atoms with E-state index in [-0.39, 0.29) is 23.5 Å². The van der Waals surface area contributed by atoms with Gasteiger partial charge in [-0.3, -0.25) is 4.79 Å². The summed E-state index contributed by atoms with van der Waals surface area (Å²) in [6.45, 7) is 3.61. The second-order valence-electron chi connectivity index (χ2n) is 4.36. The van der Waals surface area contributed by atoms with Crippen LogP contribution in [-0.2, 0) is 14.8 Å². The molecule has 0 fully saturated rings. The van der Waals surface area contributed by atoms with Gasteiger partial charge in [-0.25, -0.2) is 13.1 Å². The topological polar surface area (TPSA) is 84.5 Å². The molecule has 112 valence electrons. The Morgan fingerprint density at radius 2 is 1.90 bits per heavy atom. The first-order valence-corrected chi connectivity index (χ1v) is 7.83. The predicted octanol–water partition coefficient (Wildman–Crippen LogP) is 0.888. The fourth-order valence-corrected chi connectivity index (χ4v) is 2.68. The molecule has 0 aliphatic heterocycles. The minimum absolute atomic E-state index is 0.103. The van der Waals surface area contributed by atoms with E-state index in [4.69, 9.17) is 4.74 Å². The second-order valence-corrected chi connectivity index (χ2v) is 6.08. The fraction of sp³-hybridized carbons (Fsp3) is 0.462.